The SMILES string of the molecule is CC(C)C(N)Cc1nc2cccnc2n1C(C)C. The molecular weight excluding hydrogens is 224 g/mol. The fraction of sp³-hybridized carbons (Fsp3) is 0.571. The van der Waals surface area contributed by atoms with Gasteiger partial charge in [-0.3, -0.25) is 0 Å². The fourth-order valence-corrected chi connectivity index (χ4v) is 2.11. The zero-order valence-corrected chi connectivity index (χ0v) is 11.6. The van der Waals surface area contributed by atoms with Crippen molar-refractivity contribution < 1.29 is 0 Å². The number of nitrogens with zero attached hydrogens (tertiary/aromatic N) is 3. The van der Waals surface area contributed by atoms with Crippen LogP contribution in [0.5, 0.6) is 0 Å². The summed E-state index contributed by atoms with van der Waals surface area (Å²) in [5.41, 5.74) is 8.08. The van der Waals surface area contributed by atoms with E-state index >= 15 is 0 Å². The van der Waals surface area contributed by atoms with Crippen LogP contribution in [0.3, 0.4) is 0 Å². The third kappa shape index (κ3) is 2.38. The van der Waals surface area contributed by atoms with Crippen molar-refractivity contribution >= 4 is 11.2 Å². The Morgan fingerprint density at radius 2 is 2.00 bits per heavy atom. The van der Waals surface area contributed by atoms with E-state index in [1.54, 1.807) is 0 Å². The van der Waals surface area contributed by atoms with Gasteiger partial charge in [-0.2, -0.15) is 0 Å². The summed E-state index contributed by atoms with van der Waals surface area (Å²) in [6, 6.07) is 4.41. The molecule has 0 fully saturated rings. The quantitative estimate of drug-likeness (QED) is 0.902. The Morgan fingerprint density at radius 3 is 2.61 bits per heavy atom. The summed E-state index contributed by atoms with van der Waals surface area (Å²) in [5.74, 6) is 1.50. The van der Waals surface area contributed by atoms with Gasteiger partial charge in [0.2, 0.25) is 0 Å². The predicted octanol–water partition coefficient (Wildman–Crippen LogP) is 2.54. The zero-order valence-electron chi connectivity index (χ0n) is 11.6. The highest BCUT2D eigenvalue weighted by Crippen LogP contribution is 2.20. The smallest absolute Gasteiger partial charge is 0.160 e. The van der Waals surface area contributed by atoms with Crippen LogP contribution in [0, 0.1) is 5.92 Å². The van der Waals surface area contributed by atoms with Crippen LogP contribution in [0.25, 0.3) is 11.2 Å². The summed E-state index contributed by atoms with van der Waals surface area (Å²) in [7, 11) is 0. The molecule has 1 atom stereocenters. The van der Waals surface area contributed by atoms with Crippen LogP contribution in [0.15, 0.2) is 18.3 Å². The molecule has 1 unspecified atom stereocenters. The van der Waals surface area contributed by atoms with Crippen LogP contribution < -0.4 is 5.73 Å². The molecule has 0 aliphatic rings. The first-order valence-electron chi connectivity index (χ1n) is 6.58. The van der Waals surface area contributed by atoms with Crippen molar-refractivity contribution in [3.05, 3.63) is 24.2 Å². The van der Waals surface area contributed by atoms with Crippen LogP contribution >= 0.6 is 0 Å². The molecule has 98 valence electrons. The van der Waals surface area contributed by atoms with Gasteiger partial charge < -0.3 is 10.3 Å². The molecule has 0 spiro atoms. The van der Waals surface area contributed by atoms with Gasteiger partial charge in [-0.05, 0) is 31.9 Å². The van der Waals surface area contributed by atoms with E-state index in [-0.39, 0.29) is 6.04 Å². The van der Waals surface area contributed by atoms with E-state index in [0.29, 0.717) is 12.0 Å². The molecule has 0 bridgehead atoms. The van der Waals surface area contributed by atoms with Gasteiger partial charge in [-0.15, -0.1) is 0 Å². The highest BCUT2D eigenvalue weighted by Gasteiger charge is 2.17. The Labute approximate surface area is 108 Å². The molecule has 0 radical (unpaired) electrons. The van der Waals surface area contributed by atoms with Crippen molar-refractivity contribution in [1.82, 2.24) is 14.5 Å². The van der Waals surface area contributed by atoms with Gasteiger partial charge in [0.05, 0.1) is 0 Å². The summed E-state index contributed by atoms with van der Waals surface area (Å²) in [6.45, 7) is 8.59. The monoisotopic (exact) mass is 246 g/mol. The van der Waals surface area contributed by atoms with Crippen molar-refractivity contribution in [3.8, 4) is 0 Å². The number of fused-ring (bicyclic) bond motifs is 1. The molecule has 0 amide bonds. The Balaban J connectivity index is 2.46. The molecule has 0 saturated carbocycles. The lowest BCUT2D eigenvalue weighted by Crippen LogP contribution is -2.30. The fourth-order valence-electron chi connectivity index (χ4n) is 2.11. The third-order valence-electron chi connectivity index (χ3n) is 3.31. The van der Waals surface area contributed by atoms with E-state index < -0.39 is 0 Å². The second kappa shape index (κ2) is 5.06. The maximum Gasteiger partial charge on any atom is 0.160 e. The maximum atomic E-state index is 6.17. The van der Waals surface area contributed by atoms with Gasteiger partial charge in [0.25, 0.3) is 0 Å². The number of rotatable bonds is 4. The van der Waals surface area contributed by atoms with Crippen LogP contribution in [0.1, 0.15) is 39.6 Å². The van der Waals surface area contributed by atoms with Gasteiger partial charge >= 0.3 is 0 Å². The molecule has 0 aromatic carbocycles. The van der Waals surface area contributed by atoms with Gasteiger partial charge in [0, 0.05) is 24.7 Å². The van der Waals surface area contributed by atoms with Crippen molar-refractivity contribution in [2.24, 2.45) is 11.7 Å². The number of imidazole rings is 1. The average Bonchev–Trinajstić information content (AvgIpc) is 2.66. The van der Waals surface area contributed by atoms with Crippen LogP contribution in [0.4, 0.5) is 0 Å². The second-order valence-corrected chi connectivity index (χ2v) is 5.45. The molecule has 2 aromatic rings. The van der Waals surface area contributed by atoms with Gasteiger partial charge in [-0.1, -0.05) is 13.8 Å². The Morgan fingerprint density at radius 1 is 1.28 bits per heavy atom. The largest absolute Gasteiger partial charge is 0.327 e. The minimum absolute atomic E-state index is 0.138. The predicted molar refractivity (Wildman–Crippen MR) is 74.4 cm³/mol. The summed E-state index contributed by atoms with van der Waals surface area (Å²) in [5, 5.41) is 0. The third-order valence-corrected chi connectivity index (χ3v) is 3.31. The Kier molecular flexibility index (Phi) is 3.66. The van der Waals surface area contributed by atoms with E-state index in [1.807, 2.05) is 18.3 Å². The van der Waals surface area contributed by atoms with Crippen LogP contribution in [-0.4, -0.2) is 20.6 Å². The van der Waals surface area contributed by atoms with Gasteiger partial charge in [0.1, 0.15) is 11.3 Å². The molecule has 4 nitrogen and oxygen atoms in total. The highest BCUT2D eigenvalue weighted by molar-refractivity contribution is 5.71. The first-order chi connectivity index (χ1) is 8.50. The van der Waals surface area contributed by atoms with Crippen molar-refractivity contribution in [3.63, 3.8) is 0 Å². The normalized spacial score (nSPS) is 13.7. The second-order valence-electron chi connectivity index (χ2n) is 5.45. The number of hydrogen-bond acceptors (Lipinski definition) is 3. The molecule has 0 saturated heterocycles. The van der Waals surface area contributed by atoms with Crippen molar-refractivity contribution in [2.75, 3.05) is 0 Å². The van der Waals surface area contributed by atoms with E-state index in [1.165, 1.54) is 0 Å². The Bertz CT molecular complexity index is 528. The summed E-state index contributed by atoms with van der Waals surface area (Å²) in [6.07, 6.45) is 2.61. The molecule has 2 aromatic heterocycles. The van der Waals surface area contributed by atoms with Crippen molar-refractivity contribution in [2.45, 2.75) is 46.2 Å². The highest BCUT2D eigenvalue weighted by atomic mass is 15.1. The molecule has 4 heteroatoms. The molecule has 2 heterocycles. The first kappa shape index (κ1) is 13.0. The lowest BCUT2D eigenvalue weighted by atomic mass is 10.0. The lowest BCUT2D eigenvalue weighted by Gasteiger charge is -2.18. The first-order valence-corrected chi connectivity index (χ1v) is 6.58. The lowest BCUT2D eigenvalue weighted by molar-refractivity contribution is 0.464. The van der Waals surface area contributed by atoms with Crippen LogP contribution in [0.2, 0.25) is 0 Å². The van der Waals surface area contributed by atoms with E-state index in [2.05, 4.69) is 42.2 Å². The molecule has 2 N–H and O–H groups in total. The summed E-state index contributed by atoms with van der Waals surface area (Å²) >= 11 is 0. The molecule has 0 aliphatic carbocycles. The molecule has 18 heavy (non-hydrogen) atoms. The minimum atomic E-state index is 0.138. The number of aromatic nitrogens is 3. The van der Waals surface area contributed by atoms with Crippen LogP contribution in [-0.2, 0) is 6.42 Å². The average molecular weight is 246 g/mol. The summed E-state index contributed by atoms with van der Waals surface area (Å²) < 4.78 is 2.19. The number of hydrogen-bond donors (Lipinski definition) is 1. The number of pyridine rings is 1. The minimum Gasteiger partial charge on any atom is -0.327 e. The standard InChI is InChI=1S/C14H22N4/c1-9(2)11(15)8-13-17-12-6-5-7-16-14(12)18(13)10(3)4/h5-7,9-11H,8,15H2,1-4H3. The van der Waals surface area contributed by atoms with Gasteiger partial charge in [0.15, 0.2) is 5.65 Å². The molecular formula is C14H22N4. The zero-order chi connectivity index (χ0) is 13.3. The topological polar surface area (TPSA) is 56.7 Å². The van der Waals surface area contributed by atoms with E-state index in [4.69, 9.17) is 5.73 Å². The van der Waals surface area contributed by atoms with Gasteiger partial charge in [-0.25, -0.2) is 9.97 Å². The molecule has 0 aliphatic heterocycles. The maximum absolute atomic E-state index is 6.17. The molecule has 2 rings (SSSR count). The van der Waals surface area contributed by atoms with Crippen molar-refractivity contribution in [1.29, 1.82) is 0 Å². The van der Waals surface area contributed by atoms with E-state index in [9.17, 15) is 0 Å². The number of nitrogens with two attached hydrogens (primary N) is 1. The Hall–Kier alpha value is -1.42. The summed E-state index contributed by atoms with van der Waals surface area (Å²) in [4.78, 5) is 9.11. The van der Waals surface area contributed by atoms with E-state index in [0.717, 1.165) is 23.4 Å².